The average Bonchev–Trinajstić information content (AvgIpc) is 2.39. The summed E-state index contributed by atoms with van der Waals surface area (Å²) in [6, 6.07) is 5.37. The Labute approximate surface area is 123 Å². The molecule has 19 heavy (non-hydrogen) atoms. The first-order chi connectivity index (χ1) is 9.06. The van der Waals surface area contributed by atoms with Crippen molar-refractivity contribution in [1.29, 1.82) is 0 Å². The van der Waals surface area contributed by atoms with Crippen molar-refractivity contribution in [2.75, 3.05) is 12.3 Å². The number of amides is 1. The molecular weight excluding hydrogens is 304 g/mol. The second kappa shape index (κ2) is 6.42. The summed E-state index contributed by atoms with van der Waals surface area (Å²) in [6.45, 7) is 3.05. The zero-order valence-corrected chi connectivity index (χ0v) is 12.9. The highest BCUT2D eigenvalue weighted by molar-refractivity contribution is 9.10. The van der Waals surface area contributed by atoms with Crippen LogP contribution in [0.25, 0.3) is 0 Å². The van der Waals surface area contributed by atoms with Gasteiger partial charge in [0, 0.05) is 16.7 Å². The van der Waals surface area contributed by atoms with E-state index < -0.39 is 0 Å². The molecule has 1 aromatic rings. The Bertz CT molecular complexity index is 461. The third-order valence-corrected chi connectivity index (χ3v) is 4.35. The zero-order chi connectivity index (χ0) is 13.8. The van der Waals surface area contributed by atoms with Gasteiger partial charge in [-0.05, 0) is 42.9 Å². The van der Waals surface area contributed by atoms with E-state index in [0.29, 0.717) is 17.2 Å². The number of rotatable bonds is 3. The minimum Gasteiger partial charge on any atom is -0.398 e. The van der Waals surface area contributed by atoms with Crippen LogP contribution in [0, 0.1) is 11.8 Å². The highest BCUT2D eigenvalue weighted by Crippen LogP contribution is 2.28. The van der Waals surface area contributed by atoms with E-state index in [9.17, 15) is 4.79 Å². The summed E-state index contributed by atoms with van der Waals surface area (Å²) < 4.78 is 0.873. The molecular formula is C15H21BrN2O. The van der Waals surface area contributed by atoms with Crippen molar-refractivity contribution in [3.63, 3.8) is 0 Å². The third-order valence-electron chi connectivity index (χ3n) is 3.86. The van der Waals surface area contributed by atoms with Crippen LogP contribution in [0.3, 0.4) is 0 Å². The fraction of sp³-hybridized carbons (Fsp3) is 0.533. The van der Waals surface area contributed by atoms with Crippen molar-refractivity contribution < 1.29 is 4.79 Å². The van der Waals surface area contributed by atoms with E-state index >= 15 is 0 Å². The van der Waals surface area contributed by atoms with Crippen molar-refractivity contribution >= 4 is 27.5 Å². The monoisotopic (exact) mass is 324 g/mol. The molecule has 1 aliphatic rings. The van der Waals surface area contributed by atoms with Gasteiger partial charge in [-0.15, -0.1) is 0 Å². The van der Waals surface area contributed by atoms with Gasteiger partial charge in [-0.1, -0.05) is 35.7 Å². The predicted octanol–water partition coefficient (Wildman–Crippen LogP) is 3.59. The summed E-state index contributed by atoms with van der Waals surface area (Å²) in [5, 5.41) is 3.02. The predicted molar refractivity (Wildman–Crippen MR) is 82.0 cm³/mol. The zero-order valence-electron chi connectivity index (χ0n) is 11.3. The summed E-state index contributed by atoms with van der Waals surface area (Å²) in [4.78, 5) is 12.1. The lowest BCUT2D eigenvalue weighted by molar-refractivity contribution is 0.0941. The molecule has 0 spiro atoms. The van der Waals surface area contributed by atoms with Gasteiger partial charge < -0.3 is 11.1 Å². The molecule has 2 unspecified atom stereocenters. The van der Waals surface area contributed by atoms with Crippen molar-refractivity contribution in [1.82, 2.24) is 5.32 Å². The summed E-state index contributed by atoms with van der Waals surface area (Å²) in [7, 11) is 0. The molecule has 1 aromatic carbocycles. The molecule has 2 rings (SSSR count). The fourth-order valence-corrected chi connectivity index (χ4v) is 3.16. The van der Waals surface area contributed by atoms with Crippen LogP contribution in [-0.2, 0) is 0 Å². The van der Waals surface area contributed by atoms with Gasteiger partial charge in [0.05, 0.1) is 5.56 Å². The maximum Gasteiger partial charge on any atom is 0.253 e. The quantitative estimate of drug-likeness (QED) is 0.835. The van der Waals surface area contributed by atoms with Crippen LogP contribution in [0.4, 0.5) is 5.69 Å². The molecule has 2 atom stereocenters. The van der Waals surface area contributed by atoms with Crippen LogP contribution >= 0.6 is 15.9 Å². The van der Waals surface area contributed by atoms with E-state index in [2.05, 4.69) is 28.2 Å². The van der Waals surface area contributed by atoms with Crippen molar-refractivity contribution in [2.45, 2.75) is 32.6 Å². The van der Waals surface area contributed by atoms with Crippen LogP contribution in [0.15, 0.2) is 22.7 Å². The molecule has 0 radical (unpaired) electrons. The number of carbonyl (C=O) groups is 1. The second-order valence-corrected chi connectivity index (χ2v) is 6.50. The molecule has 3 nitrogen and oxygen atoms in total. The van der Waals surface area contributed by atoms with E-state index in [1.807, 2.05) is 6.07 Å². The van der Waals surface area contributed by atoms with Gasteiger partial charge >= 0.3 is 0 Å². The highest BCUT2D eigenvalue weighted by atomic mass is 79.9. The van der Waals surface area contributed by atoms with Gasteiger partial charge in [0.15, 0.2) is 0 Å². The SMILES string of the molecule is CC1CCCC(CNC(=O)c2cc(Br)ccc2N)C1. The Morgan fingerprint density at radius 3 is 3.00 bits per heavy atom. The molecule has 1 amide bonds. The van der Waals surface area contributed by atoms with Crippen LogP contribution < -0.4 is 11.1 Å². The molecule has 0 aromatic heterocycles. The minimum atomic E-state index is -0.0722. The van der Waals surface area contributed by atoms with Gasteiger partial charge in [0.25, 0.3) is 5.91 Å². The summed E-state index contributed by atoms with van der Waals surface area (Å²) in [5.74, 6) is 1.32. The molecule has 0 aliphatic heterocycles. The second-order valence-electron chi connectivity index (χ2n) is 5.58. The summed E-state index contributed by atoms with van der Waals surface area (Å²) in [6.07, 6.45) is 5.04. The Hall–Kier alpha value is -1.03. The highest BCUT2D eigenvalue weighted by Gasteiger charge is 2.20. The van der Waals surface area contributed by atoms with Gasteiger partial charge in [-0.25, -0.2) is 0 Å². The number of anilines is 1. The number of hydrogen-bond acceptors (Lipinski definition) is 2. The van der Waals surface area contributed by atoms with Crippen LogP contribution in [0.5, 0.6) is 0 Å². The Morgan fingerprint density at radius 2 is 2.26 bits per heavy atom. The fourth-order valence-electron chi connectivity index (χ4n) is 2.80. The third kappa shape index (κ3) is 3.96. The average molecular weight is 325 g/mol. The molecule has 1 fully saturated rings. The van der Waals surface area contributed by atoms with E-state index in [4.69, 9.17) is 5.73 Å². The first-order valence-electron chi connectivity index (χ1n) is 6.89. The molecule has 4 heteroatoms. The number of nitrogen functional groups attached to an aromatic ring is 1. The Balaban J connectivity index is 1.92. The molecule has 104 valence electrons. The van der Waals surface area contributed by atoms with Gasteiger partial charge in [-0.3, -0.25) is 4.79 Å². The standard InChI is InChI=1S/C15H21BrN2O/c1-10-3-2-4-11(7-10)9-18-15(19)13-8-12(16)5-6-14(13)17/h5-6,8,10-11H,2-4,7,9,17H2,1H3,(H,18,19). The van der Waals surface area contributed by atoms with Crippen LogP contribution in [0.2, 0.25) is 0 Å². The normalized spacial score (nSPS) is 23.1. The van der Waals surface area contributed by atoms with Crippen molar-refractivity contribution in [3.8, 4) is 0 Å². The van der Waals surface area contributed by atoms with E-state index in [1.54, 1.807) is 12.1 Å². The van der Waals surface area contributed by atoms with Gasteiger partial charge in [0.1, 0.15) is 0 Å². The lowest BCUT2D eigenvalue weighted by Crippen LogP contribution is -2.31. The Kier molecular flexibility index (Phi) is 4.86. The van der Waals surface area contributed by atoms with Gasteiger partial charge in [-0.2, -0.15) is 0 Å². The Morgan fingerprint density at radius 1 is 1.47 bits per heavy atom. The van der Waals surface area contributed by atoms with Crippen molar-refractivity contribution in [3.05, 3.63) is 28.2 Å². The molecule has 1 saturated carbocycles. The van der Waals surface area contributed by atoms with Crippen LogP contribution in [-0.4, -0.2) is 12.5 Å². The molecule has 0 bridgehead atoms. The first-order valence-corrected chi connectivity index (χ1v) is 7.68. The topological polar surface area (TPSA) is 55.1 Å². The number of hydrogen-bond donors (Lipinski definition) is 2. The van der Waals surface area contributed by atoms with Crippen LogP contribution in [0.1, 0.15) is 43.0 Å². The summed E-state index contributed by atoms with van der Waals surface area (Å²) in [5.41, 5.74) is 6.92. The number of halogens is 1. The smallest absolute Gasteiger partial charge is 0.253 e. The van der Waals surface area contributed by atoms with E-state index in [-0.39, 0.29) is 5.91 Å². The minimum absolute atomic E-state index is 0.0722. The first kappa shape index (κ1) is 14.4. The molecule has 3 N–H and O–H groups in total. The molecule has 1 aliphatic carbocycles. The number of carbonyl (C=O) groups excluding carboxylic acids is 1. The maximum atomic E-state index is 12.1. The lowest BCUT2D eigenvalue weighted by Gasteiger charge is -2.26. The van der Waals surface area contributed by atoms with Gasteiger partial charge in [0.2, 0.25) is 0 Å². The van der Waals surface area contributed by atoms with Crippen molar-refractivity contribution in [2.24, 2.45) is 11.8 Å². The largest absolute Gasteiger partial charge is 0.398 e. The summed E-state index contributed by atoms with van der Waals surface area (Å²) >= 11 is 3.36. The molecule has 0 saturated heterocycles. The molecule has 0 heterocycles. The van der Waals surface area contributed by atoms with E-state index in [1.165, 1.54) is 25.7 Å². The maximum absolute atomic E-state index is 12.1. The lowest BCUT2D eigenvalue weighted by atomic mass is 9.82. The number of nitrogens with two attached hydrogens (primary N) is 1. The van der Waals surface area contributed by atoms with E-state index in [0.717, 1.165) is 16.9 Å². The number of benzene rings is 1. The number of nitrogens with one attached hydrogen (secondary N) is 1.